The van der Waals surface area contributed by atoms with Gasteiger partial charge in [0.25, 0.3) is 0 Å². The van der Waals surface area contributed by atoms with Gasteiger partial charge in [0.1, 0.15) is 5.82 Å². The molecule has 0 spiro atoms. The molecule has 0 saturated carbocycles. The fourth-order valence-electron chi connectivity index (χ4n) is 3.06. The van der Waals surface area contributed by atoms with Crippen molar-refractivity contribution in [2.24, 2.45) is 0 Å². The molecule has 21 heavy (non-hydrogen) atoms. The third kappa shape index (κ3) is 3.45. The Kier molecular flexibility index (Phi) is 4.25. The summed E-state index contributed by atoms with van der Waals surface area (Å²) in [6, 6.07) is 4.20. The number of likely N-dealkylation sites (tertiary alicyclic amines) is 1. The Labute approximate surface area is 126 Å². The number of piperidine rings is 1. The highest BCUT2D eigenvalue weighted by Crippen LogP contribution is 2.26. The van der Waals surface area contributed by atoms with Gasteiger partial charge in [-0.15, -0.1) is 0 Å². The zero-order valence-electron chi connectivity index (χ0n) is 12.8. The Morgan fingerprint density at radius 3 is 2.95 bits per heavy atom. The smallest absolute Gasteiger partial charge is 0.125 e. The molecule has 2 aromatic rings. The van der Waals surface area contributed by atoms with Crippen LogP contribution in [0.4, 0.5) is 0 Å². The lowest BCUT2D eigenvalue weighted by Crippen LogP contribution is -2.34. The number of aryl methyl sites for hydroxylation is 2. The minimum atomic E-state index is 0.530. The van der Waals surface area contributed by atoms with Crippen LogP contribution in [0.3, 0.4) is 0 Å². The average Bonchev–Trinajstić information content (AvgIpc) is 2.50. The summed E-state index contributed by atoms with van der Waals surface area (Å²) in [4.78, 5) is 15.5. The second kappa shape index (κ2) is 6.31. The first kappa shape index (κ1) is 14.1. The van der Waals surface area contributed by atoms with E-state index in [4.69, 9.17) is 0 Å². The van der Waals surface area contributed by atoms with Crippen LogP contribution >= 0.6 is 0 Å². The first-order chi connectivity index (χ1) is 10.2. The van der Waals surface area contributed by atoms with Crippen molar-refractivity contribution in [2.75, 3.05) is 13.1 Å². The van der Waals surface area contributed by atoms with Crippen molar-refractivity contribution in [3.8, 4) is 0 Å². The van der Waals surface area contributed by atoms with E-state index in [1.54, 1.807) is 0 Å². The van der Waals surface area contributed by atoms with Crippen LogP contribution in [-0.2, 0) is 6.54 Å². The standard InChI is InChI=1S/C17H22N4/c1-13-10-18-7-5-15(13)11-21-9-3-4-16(12-21)17-6-8-19-14(2)20-17/h5-8,10,16H,3-4,9,11-12H2,1-2H3. The Morgan fingerprint density at radius 1 is 1.24 bits per heavy atom. The fourth-order valence-corrected chi connectivity index (χ4v) is 3.06. The predicted octanol–water partition coefficient (Wildman–Crippen LogP) is 2.87. The molecule has 0 radical (unpaired) electrons. The highest BCUT2D eigenvalue weighted by atomic mass is 15.1. The van der Waals surface area contributed by atoms with E-state index in [1.807, 2.05) is 25.5 Å². The minimum Gasteiger partial charge on any atom is -0.298 e. The highest BCUT2D eigenvalue weighted by Gasteiger charge is 2.22. The van der Waals surface area contributed by atoms with Gasteiger partial charge in [0, 0.05) is 43.3 Å². The van der Waals surface area contributed by atoms with Gasteiger partial charge < -0.3 is 0 Å². The van der Waals surface area contributed by atoms with Gasteiger partial charge in [-0.3, -0.25) is 9.88 Å². The molecule has 1 fully saturated rings. The largest absolute Gasteiger partial charge is 0.298 e. The molecule has 1 unspecified atom stereocenters. The molecule has 0 bridgehead atoms. The molecule has 4 nitrogen and oxygen atoms in total. The molecule has 1 atom stereocenters. The summed E-state index contributed by atoms with van der Waals surface area (Å²) in [5.74, 6) is 1.40. The lowest BCUT2D eigenvalue weighted by Gasteiger charge is -2.32. The van der Waals surface area contributed by atoms with Gasteiger partial charge >= 0.3 is 0 Å². The normalized spacial score (nSPS) is 19.6. The van der Waals surface area contributed by atoms with Crippen molar-refractivity contribution < 1.29 is 0 Å². The molecule has 4 heteroatoms. The Bertz CT molecular complexity index is 611. The van der Waals surface area contributed by atoms with Crippen LogP contribution in [0.5, 0.6) is 0 Å². The van der Waals surface area contributed by atoms with Crippen molar-refractivity contribution in [3.63, 3.8) is 0 Å². The topological polar surface area (TPSA) is 41.9 Å². The summed E-state index contributed by atoms with van der Waals surface area (Å²) < 4.78 is 0. The van der Waals surface area contributed by atoms with Crippen LogP contribution in [0.1, 0.15) is 41.4 Å². The number of hydrogen-bond acceptors (Lipinski definition) is 4. The van der Waals surface area contributed by atoms with Gasteiger partial charge in [0.05, 0.1) is 0 Å². The van der Waals surface area contributed by atoms with E-state index >= 15 is 0 Å². The Hall–Kier alpha value is -1.81. The number of nitrogens with zero attached hydrogens (tertiary/aromatic N) is 4. The highest BCUT2D eigenvalue weighted by molar-refractivity contribution is 5.21. The van der Waals surface area contributed by atoms with Crippen molar-refractivity contribution >= 4 is 0 Å². The summed E-state index contributed by atoms with van der Waals surface area (Å²) in [6.45, 7) is 7.36. The van der Waals surface area contributed by atoms with Crippen molar-refractivity contribution in [1.82, 2.24) is 19.9 Å². The van der Waals surface area contributed by atoms with E-state index in [2.05, 4.69) is 38.9 Å². The fraction of sp³-hybridized carbons (Fsp3) is 0.471. The Balaban J connectivity index is 1.70. The molecule has 3 heterocycles. The van der Waals surface area contributed by atoms with Crippen LogP contribution in [0.15, 0.2) is 30.7 Å². The molecule has 2 aromatic heterocycles. The summed E-state index contributed by atoms with van der Waals surface area (Å²) in [6.07, 6.45) is 8.17. The zero-order valence-corrected chi connectivity index (χ0v) is 12.8. The molecule has 0 amide bonds. The maximum atomic E-state index is 4.61. The third-order valence-electron chi connectivity index (χ3n) is 4.25. The molecule has 0 aliphatic carbocycles. The maximum Gasteiger partial charge on any atom is 0.125 e. The minimum absolute atomic E-state index is 0.530. The van der Waals surface area contributed by atoms with Crippen molar-refractivity contribution in [3.05, 3.63) is 53.4 Å². The van der Waals surface area contributed by atoms with Crippen LogP contribution in [0, 0.1) is 13.8 Å². The number of hydrogen-bond donors (Lipinski definition) is 0. The monoisotopic (exact) mass is 282 g/mol. The van der Waals surface area contributed by atoms with E-state index in [-0.39, 0.29) is 0 Å². The van der Waals surface area contributed by atoms with E-state index in [1.165, 1.54) is 36.2 Å². The van der Waals surface area contributed by atoms with E-state index < -0.39 is 0 Å². The van der Waals surface area contributed by atoms with Gasteiger partial charge in [0.15, 0.2) is 0 Å². The third-order valence-corrected chi connectivity index (χ3v) is 4.25. The van der Waals surface area contributed by atoms with Gasteiger partial charge in [-0.1, -0.05) is 0 Å². The first-order valence-corrected chi connectivity index (χ1v) is 7.64. The molecular formula is C17H22N4. The number of rotatable bonds is 3. The number of aromatic nitrogens is 3. The lowest BCUT2D eigenvalue weighted by atomic mass is 9.94. The molecule has 0 aromatic carbocycles. The summed E-state index contributed by atoms with van der Waals surface area (Å²) >= 11 is 0. The molecule has 1 saturated heterocycles. The van der Waals surface area contributed by atoms with Crippen molar-refractivity contribution in [2.45, 2.75) is 39.2 Å². The Morgan fingerprint density at radius 2 is 2.14 bits per heavy atom. The van der Waals surface area contributed by atoms with E-state index in [0.717, 1.165) is 18.9 Å². The van der Waals surface area contributed by atoms with Crippen LogP contribution < -0.4 is 0 Å². The van der Waals surface area contributed by atoms with Gasteiger partial charge in [0.2, 0.25) is 0 Å². The SMILES string of the molecule is Cc1nccc(C2CCCN(Cc3ccncc3C)C2)n1. The molecule has 3 rings (SSSR count). The van der Waals surface area contributed by atoms with Crippen molar-refractivity contribution in [1.29, 1.82) is 0 Å². The first-order valence-electron chi connectivity index (χ1n) is 7.64. The molecule has 110 valence electrons. The molecular weight excluding hydrogens is 260 g/mol. The van der Waals surface area contributed by atoms with Crippen LogP contribution in [0.2, 0.25) is 0 Å². The second-order valence-electron chi connectivity index (χ2n) is 5.91. The lowest BCUT2D eigenvalue weighted by molar-refractivity contribution is 0.198. The average molecular weight is 282 g/mol. The molecule has 0 N–H and O–H groups in total. The molecule has 1 aliphatic rings. The predicted molar refractivity (Wildman–Crippen MR) is 83.0 cm³/mol. The zero-order chi connectivity index (χ0) is 14.7. The van der Waals surface area contributed by atoms with Crippen LogP contribution in [-0.4, -0.2) is 32.9 Å². The van der Waals surface area contributed by atoms with E-state index in [0.29, 0.717) is 5.92 Å². The van der Waals surface area contributed by atoms with Gasteiger partial charge in [-0.05, 0) is 56.5 Å². The number of pyridine rings is 1. The van der Waals surface area contributed by atoms with E-state index in [9.17, 15) is 0 Å². The van der Waals surface area contributed by atoms with Crippen LogP contribution in [0.25, 0.3) is 0 Å². The quantitative estimate of drug-likeness (QED) is 0.868. The summed E-state index contributed by atoms with van der Waals surface area (Å²) in [7, 11) is 0. The summed E-state index contributed by atoms with van der Waals surface area (Å²) in [5, 5.41) is 0. The van der Waals surface area contributed by atoms with Gasteiger partial charge in [-0.2, -0.15) is 0 Å². The molecule has 1 aliphatic heterocycles. The van der Waals surface area contributed by atoms with Gasteiger partial charge in [-0.25, -0.2) is 9.97 Å². The maximum absolute atomic E-state index is 4.61. The second-order valence-corrected chi connectivity index (χ2v) is 5.91. The summed E-state index contributed by atoms with van der Waals surface area (Å²) in [5.41, 5.74) is 3.85.